The van der Waals surface area contributed by atoms with E-state index in [0.29, 0.717) is 68.3 Å². The van der Waals surface area contributed by atoms with E-state index in [-0.39, 0.29) is 60.4 Å². The second-order valence-electron chi connectivity index (χ2n) is 21.8. The number of terminal acetylenes is 1. The van der Waals surface area contributed by atoms with Crippen LogP contribution >= 0.6 is 0 Å². The van der Waals surface area contributed by atoms with Crippen LogP contribution in [-0.4, -0.2) is 116 Å². The molecule has 2 atom stereocenters. The molecule has 1 aliphatic heterocycles. The van der Waals surface area contributed by atoms with E-state index in [1.165, 1.54) is 36.8 Å². The Bertz CT molecular complexity index is 1970. The first-order chi connectivity index (χ1) is 37.1. The van der Waals surface area contributed by atoms with Crippen molar-refractivity contribution >= 4 is 60.8 Å². The molecule has 0 bridgehead atoms. The Morgan fingerprint density at radius 1 is 0.873 bits per heavy atom. The molecule has 0 radical (unpaired) electrons. The summed E-state index contributed by atoms with van der Waals surface area (Å²) in [6, 6.07) is 11.1. The first-order valence-electron chi connectivity index (χ1n) is 27.9. The van der Waals surface area contributed by atoms with Gasteiger partial charge in [0.25, 0.3) is 18.3 Å². The molecule has 19 nitrogen and oxygen atoms in total. The van der Waals surface area contributed by atoms with Gasteiger partial charge in [0, 0.05) is 51.5 Å². The first-order valence-corrected chi connectivity index (χ1v) is 27.9. The number of nitrogens with two attached hydrogens (primary N) is 1. The number of esters is 1. The molecule has 3 aliphatic carbocycles. The van der Waals surface area contributed by atoms with Crippen LogP contribution in [0.5, 0.6) is 0 Å². The lowest BCUT2D eigenvalue weighted by atomic mass is 9.68. The monoisotopic (exact) mass is 1110 g/mol. The Labute approximate surface area is 474 Å². The minimum atomic E-state index is -1.24. The number of methoxy groups -OCH3 is 1. The molecular weight excluding hydrogens is 1010 g/mol. The van der Waals surface area contributed by atoms with E-state index < -0.39 is 23.2 Å². The number of hydroxylamine groups is 2. The van der Waals surface area contributed by atoms with E-state index in [1.807, 2.05) is 83.1 Å². The van der Waals surface area contributed by atoms with Gasteiger partial charge in [-0.25, -0.2) is 4.79 Å². The molecule has 2 saturated carbocycles. The van der Waals surface area contributed by atoms with E-state index >= 15 is 0 Å². The maximum atomic E-state index is 12.6. The molecule has 19 heteroatoms. The number of rotatable bonds is 17. The van der Waals surface area contributed by atoms with Crippen LogP contribution in [-0.2, 0) is 62.2 Å². The van der Waals surface area contributed by atoms with Crippen molar-refractivity contribution in [1.29, 1.82) is 0 Å². The van der Waals surface area contributed by atoms with Crippen LogP contribution in [0.2, 0.25) is 0 Å². The zero-order valence-corrected chi connectivity index (χ0v) is 50.8. The Balaban J connectivity index is -0.000000922. The fourth-order valence-electron chi connectivity index (χ4n) is 7.22. The number of carbonyl (C=O) groups is 9. The summed E-state index contributed by atoms with van der Waals surface area (Å²) in [6.07, 6.45) is 22.6. The maximum absolute atomic E-state index is 12.6. The van der Waals surface area contributed by atoms with Crippen molar-refractivity contribution in [2.45, 2.75) is 222 Å². The van der Waals surface area contributed by atoms with Crippen molar-refractivity contribution in [2.75, 3.05) is 33.3 Å². The second-order valence-corrected chi connectivity index (χ2v) is 21.8. The summed E-state index contributed by atoms with van der Waals surface area (Å²) in [5.74, 6) is -1.20. The molecule has 1 aromatic rings. The molecule has 1 saturated heterocycles. The lowest BCUT2D eigenvalue weighted by Gasteiger charge is -2.38. The van der Waals surface area contributed by atoms with Crippen molar-refractivity contribution in [3.8, 4) is 12.5 Å². The van der Waals surface area contributed by atoms with Gasteiger partial charge in [-0.2, -0.15) is 0 Å². The number of nitrogens with one attached hydrogen (secondary N) is 4. The number of imide groups is 1. The second kappa shape index (κ2) is 43.7. The largest absolute Gasteiger partial charge is 0.462 e. The van der Waals surface area contributed by atoms with Gasteiger partial charge in [-0.1, -0.05) is 103 Å². The number of amides is 5. The standard InChI is InChI=1S/C17H24N2O5.C12H21N3O2.C11H12.C7H14O2.C5H10O2.C5H12O.C2H6.CH3NO/c20-13-7-8-14(21)19(13)24-16(23)17(9-4-10-17)15(22)18-11-12-5-2-1-3-6-12;1-3-13-10-12(17)15-7-5-4-6-11(2)14-8-9-16;1-9-5-4-7-10-6-2-3-8-11(9)10;1-5-6(8)9-7(2,3)4;1-5(2,3)7-4-6;1-5(2,3)6-4;1-2;2-1-3/h12H,1-11H2,(H,18,22);1,9,11,13-14H,4-8,10H2,2H3,(H,15,17);2-4,6-9H,5H2,1H3;5H2,1-4H3;4H,1-3H3;1-4H3;1-2H3;1H,(H2,2,3). The molecule has 2 unspecified atom stereocenters. The van der Waals surface area contributed by atoms with E-state index in [1.54, 1.807) is 14.0 Å². The van der Waals surface area contributed by atoms with Gasteiger partial charge in [-0.3, -0.25) is 33.6 Å². The number of ether oxygens (including phenoxy) is 3. The molecule has 3 fully saturated rings. The van der Waals surface area contributed by atoms with Gasteiger partial charge in [0.05, 0.1) is 12.1 Å². The Hall–Kier alpha value is -6.13. The fourth-order valence-corrected chi connectivity index (χ4v) is 7.22. The smallest absolute Gasteiger partial charge is 0.348 e. The summed E-state index contributed by atoms with van der Waals surface area (Å²) in [5, 5.41) is 11.8. The average molecular weight is 1120 g/mol. The first kappa shape index (κ1) is 77.1. The quantitative estimate of drug-likeness (QED) is 0.0186. The van der Waals surface area contributed by atoms with Gasteiger partial charge in [0.1, 0.15) is 29.4 Å². The van der Waals surface area contributed by atoms with E-state index in [9.17, 15) is 38.4 Å². The molecular formula is C60H102N6O13. The predicted molar refractivity (Wildman–Crippen MR) is 310 cm³/mol. The molecule has 6 N–H and O–H groups in total. The molecule has 450 valence electrons. The summed E-state index contributed by atoms with van der Waals surface area (Å²) < 4.78 is 14.4. The number of nitrogens with zero attached hydrogens (tertiary/aromatic N) is 1. The third-order valence-corrected chi connectivity index (χ3v) is 11.8. The maximum Gasteiger partial charge on any atom is 0.348 e. The summed E-state index contributed by atoms with van der Waals surface area (Å²) in [5.41, 5.74) is 5.22. The van der Waals surface area contributed by atoms with Crippen molar-refractivity contribution in [2.24, 2.45) is 17.1 Å². The van der Waals surface area contributed by atoms with Crippen LogP contribution in [0.4, 0.5) is 0 Å². The molecule has 79 heavy (non-hydrogen) atoms. The number of allylic oxidation sites excluding steroid dienone is 1. The summed E-state index contributed by atoms with van der Waals surface area (Å²) in [6.45, 7) is 29.5. The normalized spacial score (nSPS) is 16.0. The molecule has 0 spiro atoms. The SMILES string of the molecule is C#CNCC(=O)NCCCCC(C)NCC=O.CC.CC(C)(C)OC=O.CC1CC=Cc2ccccc21.CCC(=O)OC(C)(C)C.COC(C)(C)C.NC=O.O=C1CCC(=O)N1OC(=O)C1(C(=O)NCC2CCCCC2)CCC1. The van der Waals surface area contributed by atoms with Crippen molar-refractivity contribution in [1.82, 2.24) is 26.3 Å². The van der Waals surface area contributed by atoms with Crippen LogP contribution in [0.15, 0.2) is 30.3 Å². The molecule has 1 heterocycles. The lowest BCUT2D eigenvalue weighted by molar-refractivity contribution is -0.209. The van der Waals surface area contributed by atoms with Gasteiger partial charge < -0.3 is 50.8 Å². The minimum absolute atomic E-state index is 0.0417. The third kappa shape index (κ3) is 39.0. The van der Waals surface area contributed by atoms with Crippen LogP contribution in [0.1, 0.15) is 210 Å². The van der Waals surface area contributed by atoms with Crippen LogP contribution < -0.4 is 27.0 Å². The number of hydrogen-bond donors (Lipinski definition) is 5. The molecule has 0 aromatic heterocycles. The van der Waals surface area contributed by atoms with E-state index in [4.69, 9.17) is 25.5 Å². The van der Waals surface area contributed by atoms with Crippen LogP contribution in [0.25, 0.3) is 6.08 Å². The highest BCUT2D eigenvalue weighted by molar-refractivity contribution is 6.06. The van der Waals surface area contributed by atoms with Gasteiger partial charge in [-0.15, -0.1) is 5.06 Å². The number of aldehydes is 1. The number of unbranched alkanes of at least 4 members (excludes halogenated alkanes) is 1. The summed E-state index contributed by atoms with van der Waals surface area (Å²) >= 11 is 0. The summed E-state index contributed by atoms with van der Waals surface area (Å²) in [7, 11) is 1.71. The zero-order chi connectivity index (χ0) is 61.1. The van der Waals surface area contributed by atoms with Crippen LogP contribution in [0, 0.1) is 23.8 Å². The number of primary amides is 1. The van der Waals surface area contributed by atoms with E-state index in [0.717, 1.165) is 44.8 Å². The highest BCUT2D eigenvalue weighted by Gasteiger charge is 2.54. The number of hydrogen-bond acceptors (Lipinski definition) is 15. The van der Waals surface area contributed by atoms with Crippen molar-refractivity contribution < 1.29 is 62.2 Å². The minimum Gasteiger partial charge on any atom is -0.462 e. The zero-order valence-electron chi connectivity index (χ0n) is 50.8. The van der Waals surface area contributed by atoms with E-state index in [2.05, 4.69) is 81.1 Å². The van der Waals surface area contributed by atoms with Gasteiger partial charge in [0.15, 0.2) is 0 Å². The number of carbonyl (C=O) groups excluding carboxylic acids is 9. The van der Waals surface area contributed by atoms with Gasteiger partial charge in [0.2, 0.25) is 18.2 Å². The lowest BCUT2D eigenvalue weighted by Crippen LogP contribution is -2.54. The fraction of sp³-hybridized carbons (Fsp3) is 0.683. The third-order valence-electron chi connectivity index (χ3n) is 11.8. The molecule has 1 aromatic carbocycles. The highest BCUT2D eigenvalue weighted by Crippen LogP contribution is 2.43. The van der Waals surface area contributed by atoms with Gasteiger partial charge >= 0.3 is 11.9 Å². The topological polar surface area (TPSA) is 268 Å². The molecule has 4 aliphatic rings. The molecule has 5 rings (SSSR count). The Morgan fingerprint density at radius 2 is 1.44 bits per heavy atom. The number of fused-ring (bicyclic) bond motifs is 1. The van der Waals surface area contributed by atoms with Gasteiger partial charge in [-0.05, 0) is 137 Å². The predicted octanol–water partition coefficient (Wildman–Crippen LogP) is 8.55. The van der Waals surface area contributed by atoms with Crippen molar-refractivity contribution in [3.63, 3.8) is 0 Å². The van der Waals surface area contributed by atoms with Crippen molar-refractivity contribution in [3.05, 3.63) is 41.5 Å². The Morgan fingerprint density at radius 3 is 1.87 bits per heavy atom. The number of benzene rings is 1. The highest BCUT2D eigenvalue weighted by atomic mass is 16.7. The molecule has 5 amide bonds. The Kier molecular flexibility index (Phi) is 42.7. The van der Waals surface area contributed by atoms with Crippen LogP contribution in [0.3, 0.4) is 0 Å². The average Bonchev–Trinajstić information content (AvgIpc) is 3.69. The summed E-state index contributed by atoms with van der Waals surface area (Å²) in [4.78, 5) is 103.